The Hall–Kier alpha value is -3.34. The Morgan fingerprint density at radius 3 is 1.80 bits per heavy atom. The number of carbonyl (C=O) groups is 4. The van der Waals surface area contributed by atoms with Crippen molar-refractivity contribution in [3.05, 3.63) is 23.8 Å². The molecule has 0 spiro atoms. The first kappa shape index (κ1) is 34.7. The van der Waals surface area contributed by atoms with Crippen LogP contribution in [0.4, 0.5) is 9.59 Å². The smallest absolute Gasteiger partial charge is 0.468 e. The fraction of sp³-hybridized carbons (Fsp3) is 0.655. The van der Waals surface area contributed by atoms with E-state index in [4.69, 9.17) is 34.2 Å². The first-order valence-corrected chi connectivity index (χ1v) is 13.4. The maximum absolute atomic E-state index is 12.7. The number of ether oxygens (including phenoxy) is 6. The first-order chi connectivity index (χ1) is 18.4. The summed E-state index contributed by atoms with van der Waals surface area (Å²) in [6.07, 6.45) is -1.76. The molecule has 0 bridgehead atoms. The average Bonchev–Trinajstić information content (AvgIpc) is 2.84. The summed E-state index contributed by atoms with van der Waals surface area (Å²) >= 11 is 0. The standard InChI is InChI=1S/C29H45NO10/c1-11-27(6,7)39-25(33)37-21-14-13-20(15-22(21)38-26(34)40-28(8,9)12-2)17-29(30,24(32)35-10)16-19(5)36-23(31)18(3)4/h13-15,18-19H,11-12,16-17,30H2,1-10H3/t19-,29?/m0/s1. The zero-order valence-corrected chi connectivity index (χ0v) is 25.4. The van der Waals surface area contributed by atoms with Crippen LogP contribution in [0.15, 0.2) is 18.2 Å². The van der Waals surface area contributed by atoms with Crippen molar-refractivity contribution in [2.75, 3.05) is 7.11 Å². The van der Waals surface area contributed by atoms with Crippen LogP contribution in [0.5, 0.6) is 11.5 Å². The van der Waals surface area contributed by atoms with Gasteiger partial charge < -0.3 is 34.2 Å². The van der Waals surface area contributed by atoms with Gasteiger partial charge in [0.05, 0.1) is 13.0 Å². The maximum Gasteiger partial charge on any atom is 0.514 e. The van der Waals surface area contributed by atoms with Crippen molar-refractivity contribution in [1.29, 1.82) is 0 Å². The summed E-state index contributed by atoms with van der Waals surface area (Å²) in [4.78, 5) is 49.8. The largest absolute Gasteiger partial charge is 0.514 e. The van der Waals surface area contributed by atoms with Crippen LogP contribution in [0.3, 0.4) is 0 Å². The lowest BCUT2D eigenvalue weighted by atomic mass is 9.86. The van der Waals surface area contributed by atoms with Crippen LogP contribution in [0, 0.1) is 5.92 Å². The first-order valence-electron chi connectivity index (χ1n) is 13.4. The molecule has 0 amide bonds. The van der Waals surface area contributed by atoms with Gasteiger partial charge in [0.25, 0.3) is 0 Å². The molecule has 0 aromatic heterocycles. The zero-order valence-electron chi connectivity index (χ0n) is 25.4. The van der Waals surface area contributed by atoms with Crippen molar-refractivity contribution in [3.8, 4) is 11.5 Å². The number of esters is 2. The topological polar surface area (TPSA) is 150 Å². The Labute approximate surface area is 236 Å². The van der Waals surface area contributed by atoms with Crippen LogP contribution in [0.1, 0.15) is 87.1 Å². The molecule has 0 saturated heterocycles. The lowest BCUT2D eigenvalue weighted by molar-refractivity contribution is -0.157. The predicted molar refractivity (Wildman–Crippen MR) is 147 cm³/mol. The molecule has 226 valence electrons. The molecule has 11 nitrogen and oxygen atoms in total. The summed E-state index contributed by atoms with van der Waals surface area (Å²) in [6, 6.07) is 4.35. The van der Waals surface area contributed by atoms with Crippen LogP contribution in [-0.2, 0) is 35.0 Å². The summed E-state index contributed by atoms with van der Waals surface area (Å²) in [7, 11) is 1.20. The quantitative estimate of drug-likeness (QED) is 0.183. The second kappa shape index (κ2) is 14.3. The summed E-state index contributed by atoms with van der Waals surface area (Å²) in [5.41, 5.74) is 3.75. The van der Waals surface area contributed by atoms with Crippen LogP contribution in [0.2, 0.25) is 0 Å². The van der Waals surface area contributed by atoms with Crippen molar-refractivity contribution in [2.45, 2.75) is 111 Å². The number of benzene rings is 1. The lowest BCUT2D eigenvalue weighted by Gasteiger charge is -2.30. The second-order valence-corrected chi connectivity index (χ2v) is 11.3. The maximum atomic E-state index is 12.7. The highest BCUT2D eigenvalue weighted by atomic mass is 16.8. The number of hydrogen-bond donors (Lipinski definition) is 1. The summed E-state index contributed by atoms with van der Waals surface area (Å²) in [5, 5.41) is 0. The number of nitrogens with two attached hydrogens (primary N) is 1. The summed E-state index contributed by atoms with van der Waals surface area (Å²) in [6.45, 7) is 15.6. The molecular weight excluding hydrogens is 522 g/mol. The molecule has 0 aliphatic rings. The lowest BCUT2D eigenvalue weighted by Crippen LogP contribution is -2.53. The van der Waals surface area contributed by atoms with Gasteiger partial charge in [-0.1, -0.05) is 33.8 Å². The highest BCUT2D eigenvalue weighted by Crippen LogP contribution is 2.32. The monoisotopic (exact) mass is 567 g/mol. The molecule has 0 aliphatic heterocycles. The summed E-state index contributed by atoms with van der Waals surface area (Å²) < 4.78 is 31.8. The fourth-order valence-corrected chi connectivity index (χ4v) is 3.33. The minimum Gasteiger partial charge on any atom is -0.468 e. The molecular formula is C29H45NO10. The Kier molecular flexibility index (Phi) is 12.4. The van der Waals surface area contributed by atoms with Gasteiger partial charge in [-0.05, 0) is 65.2 Å². The van der Waals surface area contributed by atoms with Gasteiger partial charge in [0, 0.05) is 12.8 Å². The van der Waals surface area contributed by atoms with E-state index in [2.05, 4.69) is 0 Å². The SMILES string of the molecule is CCC(C)(C)OC(=O)Oc1ccc(CC(N)(C[C@H](C)OC(=O)C(C)C)C(=O)OC)cc1OC(=O)OC(C)(C)CC. The molecule has 0 radical (unpaired) electrons. The van der Waals surface area contributed by atoms with Gasteiger partial charge in [-0.15, -0.1) is 0 Å². The average molecular weight is 568 g/mol. The molecule has 2 atom stereocenters. The van der Waals surface area contributed by atoms with Gasteiger partial charge in [0.1, 0.15) is 22.8 Å². The Balaban J connectivity index is 3.36. The minimum absolute atomic E-state index is 0.0439. The normalized spacial score (nSPS) is 14.0. The molecule has 0 fully saturated rings. The van der Waals surface area contributed by atoms with E-state index in [-0.39, 0.29) is 30.3 Å². The Bertz CT molecular complexity index is 1050. The minimum atomic E-state index is -1.60. The third kappa shape index (κ3) is 11.0. The fourth-order valence-electron chi connectivity index (χ4n) is 3.33. The van der Waals surface area contributed by atoms with Crippen LogP contribution in [0.25, 0.3) is 0 Å². The van der Waals surface area contributed by atoms with Gasteiger partial charge in [-0.25, -0.2) is 9.59 Å². The van der Waals surface area contributed by atoms with Gasteiger partial charge in [0.15, 0.2) is 11.5 Å². The Morgan fingerprint density at radius 1 is 0.850 bits per heavy atom. The van der Waals surface area contributed by atoms with Crippen LogP contribution in [-0.4, -0.2) is 54.2 Å². The second-order valence-electron chi connectivity index (χ2n) is 11.3. The number of rotatable bonds is 13. The molecule has 11 heteroatoms. The molecule has 1 rings (SSSR count). The third-order valence-corrected chi connectivity index (χ3v) is 6.37. The van der Waals surface area contributed by atoms with Crippen molar-refractivity contribution < 1.29 is 47.6 Å². The highest BCUT2D eigenvalue weighted by molar-refractivity contribution is 5.81. The molecule has 0 aliphatic carbocycles. The van der Waals surface area contributed by atoms with Gasteiger partial charge in [-0.2, -0.15) is 0 Å². The van der Waals surface area contributed by atoms with Crippen molar-refractivity contribution in [3.63, 3.8) is 0 Å². The van der Waals surface area contributed by atoms with E-state index < -0.39 is 47.1 Å². The summed E-state index contributed by atoms with van der Waals surface area (Å²) in [5.74, 6) is -1.76. The zero-order chi connectivity index (χ0) is 30.9. The third-order valence-electron chi connectivity index (χ3n) is 6.37. The van der Waals surface area contributed by atoms with Gasteiger partial charge in [0.2, 0.25) is 0 Å². The molecule has 2 N–H and O–H groups in total. The van der Waals surface area contributed by atoms with Crippen molar-refractivity contribution in [1.82, 2.24) is 0 Å². The van der Waals surface area contributed by atoms with Crippen molar-refractivity contribution >= 4 is 24.2 Å². The molecule has 1 aromatic carbocycles. The van der Waals surface area contributed by atoms with E-state index in [0.29, 0.717) is 18.4 Å². The van der Waals surface area contributed by atoms with Crippen LogP contribution >= 0.6 is 0 Å². The highest BCUT2D eigenvalue weighted by Gasteiger charge is 2.38. The molecule has 1 aromatic rings. The van der Waals surface area contributed by atoms with E-state index in [9.17, 15) is 19.2 Å². The Morgan fingerprint density at radius 2 is 1.35 bits per heavy atom. The molecule has 0 heterocycles. The number of methoxy groups -OCH3 is 1. The van der Waals surface area contributed by atoms with Gasteiger partial charge >= 0.3 is 24.2 Å². The van der Waals surface area contributed by atoms with Crippen LogP contribution < -0.4 is 15.2 Å². The van der Waals surface area contributed by atoms with Crippen molar-refractivity contribution in [2.24, 2.45) is 11.7 Å². The van der Waals surface area contributed by atoms with E-state index in [0.717, 1.165) is 0 Å². The van der Waals surface area contributed by atoms with E-state index >= 15 is 0 Å². The molecule has 40 heavy (non-hydrogen) atoms. The van der Waals surface area contributed by atoms with Gasteiger partial charge in [-0.3, -0.25) is 9.59 Å². The molecule has 0 saturated carbocycles. The van der Waals surface area contributed by atoms with E-state index in [1.807, 2.05) is 13.8 Å². The predicted octanol–water partition coefficient (Wildman–Crippen LogP) is 5.49. The molecule has 1 unspecified atom stereocenters. The van der Waals surface area contributed by atoms with E-state index in [1.165, 1.54) is 19.2 Å². The number of hydrogen-bond acceptors (Lipinski definition) is 11. The van der Waals surface area contributed by atoms with E-state index in [1.54, 1.807) is 54.5 Å². The number of carbonyl (C=O) groups excluding carboxylic acids is 4.